The number of carbonyl (C=O) groups is 1. The first-order valence-electron chi connectivity index (χ1n) is 7.28. The average molecular weight is 324 g/mol. The predicted molar refractivity (Wildman–Crippen MR) is 87.8 cm³/mol. The average Bonchev–Trinajstić information content (AvgIpc) is 3.09. The van der Waals surface area contributed by atoms with Crippen LogP contribution < -0.4 is 15.2 Å². The molecule has 0 saturated heterocycles. The van der Waals surface area contributed by atoms with Crippen molar-refractivity contribution in [1.82, 2.24) is 4.98 Å². The molecule has 0 aliphatic heterocycles. The van der Waals surface area contributed by atoms with E-state index in [2.05, 4.69) is 4.98 Å². The molecule has 0 aliphatic carbocycles. The first-order chi connectivity index (χ1) is 11.7. The lowest BCUT2D eigenvalue weighted by Gasteiger charge is -2.07. The van der Waals surface area contributed by atoms with Crippen molar-refractivity contribution in [3.05, 3.63) is 66.1 Å². The van der Waals surface area contributed by atoms with E-state index < -0.39 is 5.91 Å². The van der Waals surface area contributed by atoms with Gasteiger partial charge in [-0.15, -0.1) is 0 Å². The molecule has 0 atom stereocenters. The number of hydrogen-bond acceptors (Lipinski definition) is 5. The Morgan fingerprint density at radius 3 is 2.62 bits per heavy atom. The third-order valence-corrected chi connectivity index (χ3v) is 3.42. The van der Waals surface area contributed by atoms with Gasteiger partial charge in [-0.2, -0.15) is 0 Å². The number of aromatic nitrogens is 1. The Bertz CT molecular complexity index is 840. The summed E-state index contributed by atoms with van der Waals surface area (Å²) in [6.45, 7) is 0.171. The number of nitrogens with two attached hydrogens (primary N) is 1. The Labute approximate surface area is 138 Å². The molecule has 0 fully saturated rings. The van der Waals surface area contributed by atoms with Crippen LogP contribution >= 0.6 is 0 Å². The summed E-state index contributed by atoms with van der Waals surface area (Å²) in [7, 11) is 1.61. The van der Waals surface area contributed by atoms with Crippen molar-refractivity contribution in [2.75, 3.05) is 7.11 Å². The summed E-state index contributed by atoms with van der Waals surface area (Å²) < 4.78 is 16.2. The number of para-hydroxylation sites is 1. The minimum Gasteiger partial charge on any atom is -0.497 e. The van der Waals surface area contributed by atoms with Gasteiger partial charge in [0.2, 0.25) is 5.89 Å². The number of oxazole rings is 1. The Morgan fingerprint density at radius 2 is 1.92 bits per heavy atom. The van der Waals surface area contributed by atoms with E-state index in [1.165, 1.54) is 6.26 Å². The van der Waals surface area contributed by atoms with E-state index in [0.717, 1.165) is 11.3 Å². The fourth-order valence-corrected chi connectivity index (χ4v) is 2.19. The summed E-state index contributed by atoms with van der Waals surface area (Å²) in [4.78, 5) is 15.7. The number of benzene rings is 2. The highest BCUT2D eigenvalue weighted by molar-refractivity contribution is 5.95. The molecule has 0 spiro atoms. The van der Waals surface area contributed by atoms with Crippen molar-refractivity contribution in [2.45, 2.75) is 6.61 Å². The smallest absolute Gasteiger partial charge is 0.252 e. The Hall–Kier alpha value is -3.28. The van der Waals surface area contributed by atoms with Crippen LogP contribution in [-0.4, -0.2) is 18.0 Å². The van der Waals surface area contributed by atoms with Gasteiger partial charge in [0.1, 0.15) is 30.1 Å². The molecule has 1 aromatic heterocycles. The normalized spacial score (nSPS) is 10.4. The summed E-state index contributed by atoms with van der Waals surface area (Å²) >= 11 is 0. The zero-order chi connectivity index (χ0) is 16.9. The lowest BCUT2D eigenvalue weighted by Crippen LogP contribution is -2.12. The number of rotatable bonds is 6. The minimum atomic E-state index is -0.537. The molecule has 1 amide bonds. The lowest BCUT2D eigenvalue weighted by atomic mass is 10.2. The van der Waals surface area contributed by atoms with Gasteiger partial charge in [0.05, 0.1) is 12.7 Å². The third-order valence-electron chi connectivity index (χ3n) is 3.42. The maximum absolute atomic E-state index is 11.4. The van der Waals surface area contributed by atoms with E-state index in [-0.39, 0.29) is 6.61 Å². The van der Waals surface area contributed by atoms with Crippen molar-refractivity contribution in [2.24, 2.45) is 5.73 Å². The first-order valence-corrected chi connectivity index (χ1v) is 7.28. The Balaban J connectivity index is 1.71. The Kier molecular flexibility index (Phi) is 4.47. The SMILES string of the molecule is COc1ccc(-c2nc(COc3ccccc3C(N)=O)co2)cc1. The van der Waals surface area contributed by atoms with Gasteiger partial charge in [-0.05, 0) is 36.4 Å². The molecule has 0 saturated carbocycles. The molecule has 0 unspecified atom stereocenters. The fraction of sp³-hybridized carbons (Fsp3) is 0.111. The standard InChI is InChI=1S/C18H16N2O4/c1-22-14-8-6-12(7-9-14)18-20-13(11-24-18)10-23-16-5-3-2-4-15(16)17(19)21/h2-9,11H,10H2,1H3,(H2,19,21). The van der Waals surface area contributed by atoms with Gasteiger partial charge in [-0.3, -0.25) is 4.79 Å². The second-order valence-corrected chi connectivity index (χ2v) is 5.02. The van der Waals surface area contributed by atoms with Crippen LogP contribution in [0.3, 0.4) is 0 Å². The molecular weight excluding hydrogens is 308 g/mol. The van der Waals surface area contributed by atoms with Crippen LogP contribution in [0, 0.1) is 0 Å². The van der Waals surface area contributed by atoms with Gasteiger partial charge in [0, 0.05) is 5.56 Å². The van der Waals surface area contributed by atoms with Crippen molar-refractivity contribution in [3.63, 3.8) is 0 Å². The topological polar surface area (TPSA) is 87.6 Å². The van der Waals surface area contributed by atoms with Crippen molar-refractivity contribution in [1.29, 1.82) is 0 Å². The number of hydrogen-bond donors (Lipinski definition) is 1. The molecule has 122 valence electrons. The fourth-order valence-electron chi connectivity index (χ4n) is 2.19. The second-order valence-electron chi connectivity index (χ2n) is 5.02. The summed E-state index contributed by atoms with van der Waals surface area (Å²) in [5.74, 6) is 1.13. The number of ether oxygens (including phenoxy) is 2. The van der Waals surface area contributed by atoms with Crippen LogP contribution in [0.5, 0.6) is 11.5 Å². The molecule has 2 aromatic carbocycles. The summed E-state index contributed by atoms with van der Waals surface area (Å²) in [5, 5.41) is 0. The molecule has 2 N–H and O–H groups in total. The number of carbonyl (C=O) groups excluding carboxylic acids is 1. The van der Waals surface area contributed by atoms with Gasteiger partial charge in [0.15, 0.2) is 0 Å². The first kappa shape index (κ1) is 15.6. The maximum atomic E-state index is 11.4. The monoisotopic (exact) mass is 324 g/mol. The van der Waals surface area contributed by atoms with Crippen molar-refractivity contribution >= 4 is 5.91 Å². The van der Waals surface area contributed by atoms with Crippen LogP contribution in [0.4, 0.5) is 0 Å². The van der Waals surface area contributed by atoms with Crippen LogP contribution in [0.2, 0.25) is 0 Å². The van der Waals surface area contributed by atoms with Gasteiger partial charge >= 0.3 is 0 Å². The van der Waals surface area contributed by atoms with Crippen molar-refractivity contribution < 1.29 is 18.7 Å². The molecule has 0 bridgehead atoms. The zero-order valence-corrected chi connectivity index (χ0v) is 13.1. The maximum Gasteiger partial charge on any atom is 0.252 e. The van der Waals surface area contributed by atoms with Crippen LogP contribution in [0.15, 0.2) is 59.2 Å². The molecule has 3 rings (SSSR count). The van der Waals surface area contributed by atoms with Crippen LogP contribution in [-0.2, 0) is 6.61 Å². The molecule has 6 nitrogen and oxygen atoms in total. The zero-order valence-electron chi connectivity index (χ0n) is 13.1. The number of nitrogens with zero attached hydrogens (tertiary/aromatic N) is 1. The minimum absolute atomic E-state index is 0.171. The highest BCUT2D eigenvalue weighted by atomic mass is 16.5. The third kappa shape index (κ3) is 3.38. The van der Waals surface area contributed by atoms with Gasteiger partial charge in [-0.1, -0.05) is 12.1 Å². The number of primary amides is 1. The molecule has 3 aromatic rings. The van der Waals surface area contributed by atoms with E-state index in [9.17, 15) is 4.79 Å². The van der Waals surface area contributed by atoms with Gasteiger partial charge in [-0.25, -0.2) is 4.98 Å². The molecule has 1 heterocycles. The summed E-state index contributed by atoms with van der Waals surface area (Å²) in [5.41, 5.74) is 7.10. The number of amides is 1. The highest BCUT2D eigenvalue weighted by Crippen LogP contribution is 2.23. The molecule has 0 aliphatic rings. The summed E-state index contributed by atoms with van der Waals surface area (Å²) in [6.07, 6.45) is 1.52. The summed E-state index contributed by atoms with van der Waals surface area (Å²) in [6, 6.07) is 14.2. The number of methoxy groups -OCH3 is 1. The Morgan fingerprint density at radius 1 is 1.17 bits per heavy atom. The van der Waals surface area contributed by atoms with Crippen molar-refractivity contribution in [3.8, 4) is 23.0 Å². The second kappa shape index (κ2) is 6.87. The van der Waals surface area contributed by atoms with E-state index >= 15 is 0 Å². The van der Waals surface area contributed by atoms with Gasteiger partial charge < -0.3 is 19.6 Å². The van der Waals surface area contributed by atoms with E-state index in [4.69, 9.17) is 19.6 Å². The van der Waals surface area contributed by atoms with E-state index in [1.807, 2.05) is 24.3 Å². The highest BCUT2D eigenvalue weighted by Gasteiger charge is 2.11. The lowest BCUT2D eigenvalue weighted by molar-refractivity contribution is 0.0996. The molecule has 24 heavy (non-hydrogen) atoms. The van der Waals surface area contributed by atoms with E-state index in [0.29, 0.717) is 22.9 Å². The molecular formula is C18H16N2O4. The van der Waals surface area contributed by atoms with E-state index in [1.54, 1.807) is 31.4 Å². The molecule has 6 heteroatoms. The predicted octanol–water partition coefficient (Wildman–Crippen LogP) is 3.03. The van der Waals surface area contributed by atoms with Gasteiger partial charge in [0.25, 0.3) is 5.91 Å². The largest absolute Gasteiger partial charge is 0.497 e. The van der Waals surface area contributed by atoms with Crippen LogP contribution in [0.25, 0.3) is 11.5 Å². The quantitative estimate of drug-likeness (QED) is 0.753. The van der Waals surface area contributed by atoms with Crippen LogP contribution in [0.1, 0.15) is 16.1 Å². The molecule has 0 radical (unpaired) electrons.